The van der Waals surface area contributed by atoms with Gasteiger partial charge < -0.3 is 14.6 Å². The highest BCUT2D eigenvalue weighted by Crippen LogP contribution is 2.22. The Kier molecular flexibility index (Phi) is 8.02. The zero-order valence-corrected chi connectivity index (χ0v) is 19.7. The SMILES string of the molecule is COCc1nn(Cc2ccc(Cn3ccccc3=O)cc2)cc1C(=O)NCc1ccccc1C(F)F. The maximum absolute atomic E-state index is 13.2. The Hall–Kier alpha value is -4.11. The third-order valence-electron chi connectivity index (χ3n) is 5.71. The van der Waals surface area contributed by atoms with Crippen molar-refractivity contribution in [3.8, 4) is 0 Å². The van der Waals surface area contributed by atoms with E-state index in [0.717, 1.165) is 11.1 Å². The van der Waals surface area contributed by atoms with Gasteiger partial charge in [-0.15, -0.1) is 0 Å². The highest BCUT2D eigenvalue weighted by atomic mass is 19.3. The summed E-state index contributed by atoms with van der Waals surface area (Å²) in [6, 6.07) is 19.0. The lowest BCUT2D eigenvalue weighted by Gasteiger charge is -2.10. The van der Waals surface area contributed by atoms with Crippen LogP contribution in [0.3, 0.4) is 0 Å². The molecule has 9 heteroatoms. The predicted octanol–water partition coefficient (Wildman–Crippen LogP) is 4.16. The minimum Gasteiger partial charge on any atom is -0.378 e. The molecule has 0 aliphatic heterocycles. The van der Waals surface area contributed by atoms with Crippen LogP contribution < -0.4 is 10.9 Å². The zero-order valence-electron chi connectivity index (χ0n) is 19.7. The average molecular weight is 493 g/mol. The molecule has 1 amide bonds. The van der Waals surface area contributed by atoms with E-state index in [4.69, 9.17) is 4.74 Å². The first-order chi connectivity index (χ1) is 17.4. The number of carbonyl (C=O) groups excluding carboxylic acids is 1. The van der Waals surface area contributed by atoms with Gasteiger partial charge in [0.25, 0.3) is 17.9 Å². The molecule has 186 valence electrons. The second-order valence-electron chi connectivity index (χ2n) is 8.29. The van der Waals surface area contributed by atoms with Crippen LogP contribution in [0.15, 0.2) is 83.9 Å². The second kappa shape index (κ2) is 11.5. The van der Waals surface area contributed by atoms with Crippen LogP contribution in [0.2, 0.25) is 0 Å². The minimum absolute atomic E-state index is 0.0249. The van der Waals surface area contributed by atoms with Crippen LogP contribution >= 0.6 is 0 Å². The molecule has 0 saturated carbocycles. The van der Waals surface area contributed by atoms with E-state index in [-0.39, 0.29) is 24.3 Å². The number of pyridine rings is 1. The van der Waals surface area contributed by atoms with Crippen molar-refractivity contribution in [2.24, 2.45) is 0 Å². The van der Waals surface area contributed by atoms with Crippen LogP contribution in [-0.4, -0.2) is 27.4 Å². The number of hydrogen-bond acceptors (Lipinski definition) is 4. The van der Waals surface area contributed by atoms with E-state index in [1.807, 2.05) is 30.3 Å². The molecule has 0 radical (unpaired) electrons. The highest BCUT2D eigenvalue weighted by molar-refractivity contribution is 5.95. The number of ether oxygens (including phenoxy) is 1. The standard InChI is InChI=1S/C27H26F2N4O3/c1-36-18-24-23(27(35)30-14-21-6-2-3-7-22(21)26(28)29)17-33(31-24)16-20-11-9-19(10-12-20)15-32-13-5-4-8-25(32)34/h2-13,17,26H,14-16,18H2,1H3,(H,30,35). The number of alkyl halides is 2. The summed E-state index contributed by atoms with van der Waals surface area (Å²) in [6.45, 7) is 1.000. The Labute approximate surface area is 207 Å². The van der Waals surface area contributed by atoms with Gasteiger partial charge in [-0.1, -0.05) is 54.6 Å². The van der Waals surface area contributed by atoms with Crippen molar-refractivity contribution >= 4 is 5.91 Å². The van der Waals surface area contributed by atoms with Crippen LogP contribution in [0.25, 0.3) is 0 Å². The molecule has 2 heterocycles. The van der Waals surface area contributed by atoms with Crippen molar-refractivity contribution in [2.75, 3.05) is 7.11 Å². The lowest BCUT2D eigenvalue weighted by Crippen LogP contribution is -2.24. The summed E-state index contributed by atoms with van der Waals surface area (Å²) >= 11 is 0. The molecule has 2 aromatic heterocycles. The van der Waals surface area contributed by atoms with E-state index in [2.05, 4.69) is 10.4 Å². The molecule has 2 aromatic carbocycles. The molecule has 4 rings (SSSR count). The number of amides is 1. The fourth-order valence-electron chi connectivity index (χ4n) is 3.88. The summed E-state index contributed by atoms with van der Waals surface area (Å²) in [5, 5.41) is 7.20. The molecule has 0 fully saturated rings. The Morgan fingerprint density at radius 2 is 1.69 bits per heavy atom. The highest BCUT2D eigenvalue weighted by Gasteiger charge is 2.18. The van der Waals surface area contributed by atoms with Crippen molar-refractivity contribution in [2.45, 2.75) is 32.7 Å². The summed E-state index contributed by atoms with van der Waals surface area (Å²) in [6.07, 6.45) is 0.751. The van der Waals surface area contributed by atoms with Crippen LogP contribution in [0, 0.1) is 0 Å². The molecule has 0 aliphatic carbocycles. The fourth-order valence-corrected chi connectivity index (χ4v) is 3.88. The molecule has 36 heavy (non-hydrogen) atoms. The minimum atomic E-state index is -2.62. The fraction of sp³-hybridized carbons (Fsp3) is 0.222. The van der Waals surface area contributed by atoms with Gasteiger partial charge in [-0.25, -0.2) is 8.78 Å². The Bertz CT molecular complexity index is 1380. The molecule has 0 aliphatic rings. The van der Waals surface area contributed by atoms with Crippen molar-refractivity contribution in [3.05, 3.63) is 123 Å². The van der Waals surface area contributed by atoms with Gasteiger partial charge in [0.1, 0.15) is 5.69 Å². The lowest BCUT2D eigenvalue weighted by molar-refractivity contribution is 0.0944. The van der Waals surface area contributed by atoms with Gasteiger partial charge in [-0.3, -0.25) is 14.3 Å². The van der Waals surface area contributed by atoms with Gasteiger partial charge in [0.05, 0.1) is 25.3 Å². The summed E-state index contributed by atoms with van der Waals surface area (Å²) in [7, 11) is 1.51. The Morgan fingerprint density at radius 1 is 1.00 bits per heavy atom. The number of methoxy groups -OCH3 is 1. The molecule has 7 nitrogen and oxygen atoms in total. The number of nitrogens with zero attached hydrogens (tertiary/aromatic N) is 3. The van der Waals surface area contributed by atoms with Crippen LogP contribution in [0.5, 0.6) is 0 Å². The van der Waals surface area contributed by atoms with Gasteiger partial charge in [-0.2, -0.15) is 5.10 Å². The van der Waals surface area contributed by atoms with Crippen LogP contribution in [-0.2, 0) is 31.0 Å². The largest absolute Gasteiger partial charge is 0.378 e. The van der Waals surface area contributed by atoms with Crippen LogP contribution in [0.4, 0.5) is 8.78 Å². The van der Waals surface area contributed by atoms with Gasteiger partial charge >= 0.3 is 0 Å². The number of benzene rings is 2. The van der Waals surface area contributed by atoms with Gasteiger partial charge in [0.2, 0.25) is 0 Å². The Balaban J connectivity index is 1.45. The predicted molar refractivity (Wildman–Crippen MR) is 131 cm³/mol. The average Bonchev–Trinajstić information content (AvgIpc) is 3.27. The number of aromatic nitrogens is 3. The van der Waals surface area contributed by atoms with E-state index in [0.29, 0.717) is 29.9 Å². The van der Waals surface area contributed by atoms with Crippen molar-refractivity contribution < 1.29 is 18.3 Å². The van der Waals surface area contributed by atoms with Crippen LogP contribution in [0.1, 0.15) is 44.7 Å². The summed E-state index contributed by atoms with van der Waals surface area (Å²) in [5.41, 5.74) is 2.92. The van der Waals surface area contributed by atoms with Crippen molar-refractivity contribution in [1.82, 2.24) is 19.7 Å². The summed E-state index contributed by atoms with van der Waals surface area (Å²) < 4.78 is 35.0. The molecular formula is C27H26F2N4O3. The number of rotatable bonds is 10. The molecular weight excluding hydrogens is 466 g/mol. The van der Waals surface area contributed by atoms with Crippen molar-refractivity contribution in [1.29, 1.82) is 0 Å². The van der Waals surface area contributed by atoms with E-state index < -0.39 is 12.3 Å². The van der Waals surface area contributed by atoms with Gasteiger partial charge in [0, 0.05) is 37.7 Å². The first-order valence-corrected chi connectivity index (χ1v) is 11.4. The number of halogens is 2. The van der Waals surface area contributed by atoms with Gasteiger partial charge in [-0.05, 0) is 22.8 Å². The van der Waals surface area contributed by atoms with Gasteiger partial charge in [0.15, 0.2) is 0 Å². The molecule has 4 aromatic rings. The molecule has 1 N–H and O–H groups in total. The molecule has 0 saturated heterocycles. The molecule has 0 bridgehead atoms. The first-order valence-electron chi connectivity index (χ1n) is 11.4. The zero-order chi connectivity index (χ0) is 25.5. The normalized spacial score (nSPS) is 11.1. The number of hydrogen-bond donors (Lipinski definition) is 1. The molecule has 0 atom stereocenters. The number of carbonyl (C=O) groups is 1. The third-order valence-corrected chi connectivity index (χ3v) is 5.71. The van der Waals surface area contributed by atoms with E-state index >= 15 is 0 Å². The maximum Gasteiger partial charge on any atom is 0.264 e. The smallest absolute Gasteiger partial charge is 0.264 e. The Morgan fingerprint density at radius 3 is 2.39 bits per heavy atom. The van der Waals surface area contributed by atoms with E-state index in [9.17, 15) is 18.4 Å². The van der Waals surface area contributed by atoms with E-state index in [1.54, 1.807) is 45.9 Å². The number of nitrogens with one attached hydrogen (secondary N) is 1. The maximum atomic E-state index is 13.2. The van der Waals surface area contributed by atoms with E-state index in [1.165, 1.54) is 19.2 Å². The quantitative estimate of drug-likeness (QED) is 0.361. The monoisotopic (exact) mass is 492 g/mol. The summed E-state index contributed by atoms with van der Waals surface area (Å²) in [4.78, 5) is 24.8. The lowest BCUT2D eigenvalue weighted by atomic mass is 10.1. The second-order valence-corrected chi connectivity index (χ2v) is 8.29. The summed E-state index contributed by atoms with van der Waals surface area (Å²) in [5.74, 6) is -0.416. The first kappa shape index (κ1) is 25.0. The molecule has 0 spiro atoms. The third kappa shape index (κ3) is 6.11. The van der Waals surface area contributed by atoms with Crippen molar-refractivity contribution in [3.63, 3.8) is 0 Å². The molecule has 0 unspecified atom stereocenters. The topological polar surface area (TPSA) is 78.2 Å².